The Morgan fingerprint density at radius 1 is 1.29 bits per heavy atom. The van der Waals surface area contributed by atoms with Gasteiger partial charge in [0.25, 0.3) is 0 Å². The second-order valence-electron chi connectivity index (χ2n) is 7.39. The number of furan rings is 1. The number of rotatable bonds is 7. The van der Waals surface area contributed by atoms with Crippen LogP contribution in [-0.4, -0.2) is 12.6 Å². The Morgan fingerprint density at radius 3 is 2.76 bits per heavy atom. The summed E-state index contributed by atoms with van der Waals surface area (Å²) in [5, 5.41) is 3.35. The molecule has 120 valence electrons. The Bertz CT molecular complexity index is 425. The van der Waals surface area contributed by atoms with Gasteiger partial charge in [0.2, 0.25) is 0 Å². The largest absolute Gasteiger partial charge is 0.462 e. The van der Waals surface area contributed by atoms with Crippen molar-refractivity contribution in [1.82, 2.24) is 5.32 Å². The van der Waals surface area contributed by atoms with Gasteiger partial charge in [-0.25, -0.2) is 0 Å². The van der Waals surface area contributed by atoms with Crippen LogP contribution in [0.15, 0.2) is 16.5 Å². The van der Waals surface area contributed by atoms with Crippen LogP contribution in [0.1, 0.15) is 64.9 Å². The summed E-state index contributed by atoms with van der Waals surface area (Å²) in [6.45, 7) is 11.6. The predicted octanol–water partition coefficient (Wildman–Crippen LogP) is 4.51. The van der Waals surface area contributed by atoms with Gasteiger partial charge < -0.3 is 14.5 Å². The lowest BCUT2D eigenvalue weighted by molar-refractivity contribution is -0.0370. The van der Waals surface area contributed by atoms with Crippen molar-refractivity contribution < 1.29 is 9.15 Å². The first-order valence-electron chi connectivity index (χ1n) is 8.38. The van der Waals surface area contributed by atoms with Gasteiger partial charge in [-0.3, -0.25) is 0 Å². The molecule has 1 aromatic heterocycles. The van der Waals surface area contributed by atoms with E-state index in [1.54, 1.807) is 0 Å². The van der Waals surface area contributed by atoms with E-state index < -0.39 is 0 Å². The SMILES string of the molecule is CCCNCc1ccc(COC2CC(C)CC(C)(C)C2)o1. The van der Waals surface area contributed by atoms with Crippen molar-refractivity contribution in [2.45, 2.75) is 72.6 Å². The van der Waals surface area contributed by atoms with Crippen LogP contribution in [-0.2, 0) is 17.9 Å². The number of ether oxygens (including phenoxy) is 1. The molecule has 0 spiro atoms. The first kappa shape index (κ1) is 16.6. The van der Waals surface area contributed by atoms with Crippen LogP contribution in [0.3, 0.4) is 0 Å². The molecule has 0 aliphatic heterocycles. The van der Waals surface area contributed by atoms with Gasteiger partial charge in [-0.1, -0.05) is 27.7 Å². The minimum atomic E-state index is 0.371. The van der Waals surface area contributed by atoms with E-state index in [1.165, 1.54) is 12.8 Å². The van der Waals surface area contributed by atoms with E-state index in [4.69, 9.17) is 9.15 Å². The molecule has 0 aromatic carbocycles. The number of hydrogen-bond donors (Lipinski definition) is 1. The maximum atomic E-state index is 6.10. The fraction of sp³-hybridized carbons (Fsp3) is 0.778. The lowest BCUT2D eigenvalue weighted by Gasteiger charge is -2.38. The predicted molar refractivity (Wildman–Crippen MR) is 86.1 cm³/mol. The van der Waals surface area contributed by atoms with Gasteiger partial charge in [-0.2, -0.15) is 0 Å². The van der Waals surface area contributed by atoms with Crippen LogP contribution < -0.4 is 5.32 Å². The van der Waals surface area contributed by atoms with Crippen LogP contribution in [0.2, 0.25) is 0 Å². The van der Waals surface area contributed by atoms with Crippen molar-refractivity contribution in [3.8, 4) is 0 Å². The Labute approximate surface area is 129 Å². The zero-order chi connectivity index (χ0) is 15.3. The monoisotopic (exact) mass is 293 g/mol. The Kier molecular flexibility index (Phi) is 5.88. The Morgan fingerprint density at radius 2 is 2.05 bits per heavy atom. The average Bonchev–Trinajstić information content (AvgIpc) is 2.82. The minimum Gasteiger partial charge on any atom is -0.462 e. The molecule has 0 bridgehead atoms. The van der Waals surface area contributed by atoms with Crippen molar-refractivity contribution >= 4 is 0 Å². The maximum Gasteiger partial charge on any atom is 0.129 e. The van der Waals surface area contributed by atoms with Gasteiger partial charge >= 0.3 is 0 Å². The maximum absolute atomic E-state index is 6.10. The number of nitrogens with one attached hydrogen (secondary N) is 1. The summed E-state index contributed by atoms with van der Waals surface area (Å²) in [7, 11) is 0. The Hall–Kier alpha value is -0.800. The average molecular weight is 293 g/mol. The standard InChI is InChI=1S/C18H31NO2/c1-5-8-19-12-15-6-7-16(21-15)13-20-17-9-14(2)10-18(3,4)11-17/h6-7,14,17,19H,5,8-13H2,1-4H3. The van der Waals surface area contributed by atoms with Crippen molar-refractivity contribution in [2.24, 2.45) is 11.3 Å². The van der Waals surface area contributed by atoms with E-state index in [-0.39, 0.29) is 0 Å². The highest BCUT2D eigenvalue weighted by molar-refractivity contribution is 5.06. The van der Waals surface area contributed by atoms with Crippen molar-refractivity contribution in [2.75, 3.05) is 6.54 Å². The van der Waals surface area contributed by atoms with E-state index in [9.17, 15) is 0 Å². The van der Waals surface area contributed by atoms with Gasteiger partial charge in [0.05, 0.1) is 12.6 Å². The summed E-state index contributed by atoms with van der Waals surface area (Å²) in [5.41, 5.74) is 0.404. The number of hydrogen-bond acceptors (Lipinski definition) is 3. The molecule has 1 heterocycles. The summed E-state index contributed by atoms with van der Waals surface area (Å²) in [5.74, 6) is 2.70. The molecule has 1 aromatic rings. The summed E-state index contributed by atoms with van der Waals surface area (Å²) in [4.78, 5) is 0. The van der Waals surface area contributed by atoms with Crippen molar-refractivity contribution in [3.63, 3.8) is 0 Å². The highest BCUT2D eigenvalue weighted by Gasteiger charge is 2.32. The molecular formula is C18H31NO2. The van der Waals surface area contributed by atoms with E-state index in [0.717, 1.165) is 43.4 Å². The van der Waals surface area contributed by atoms with Gasteiger partial charge in [0.1, 0.15) is 18.1 Å². The van der Waals surface area contributed by atoms with E-state index in [1.807, 2.05) is 6.07 Å². The molecule has 3 heteroatoms. The van der Waals surface area contributed by atoms with Crippen molar-refractivity contribution in [1.29, 1.82) is 0 Å². The summed E-state index contributed by atoms with van der Waals surface area (Å²) in [6, 6.07) is 4.09. The fourth-order valence-electron chi connectivity index (χ4n) is 3.57. The molecule has 1 saturated carbocycles. The molecule has 1 N–H and O–H groups in total. The second-order valence-corrected chi connectivity index (χ2v) is 7.39. The zero-order valence-electron chi connectivity index (χ0n) is 14.1. The molecule has 2 atom stereocenters. The fourth-order valence-corrected chi connectivity index (χ4v) is 3.57. The Balaban J connectivity index is 1.77. The third-order valence-electron chi connectivity index (χ3n) is 4.25. The van der Waals surface area contributed by atoms with Gasteiger partial charge in [-0.15, -0.1) is 0 Å². The quantitative estimate of drug-likeness (QED) is 0.751. The lowest BCUT2D eigenvalue weighted by Crippen LogP contribution is -2.32. The first-order chi connectivity index (χ1) is 9.98. The molecule has 2 rings (SSSR count). The summed E-state index contributed by atoms with van der Waals surface area (Å²) >= 11 is 0. The molecule has 2 unspecified atom stereocenters. The molecule has 21 heavy (non-hydrogen) atoms. The van der Waals surface area contributed by atoms with Gasteiger partial charge in [0.15, 0.2) is 0 Å². The molecule has 0 radical (unpaired) electrons. The summed E-state index contributed by atoms with van der Waals surface area (Å²) in [6.07, 6.45) is 5.15. The van der Waals surface area contributed by atoms with Crippen LogP contribution in [0, 0.1) is 11.3 Å². The smallest absolute Gasteiger partial charge is 0.129 e. The molecule has 1 fully saturated rings. The summed E-state index contributed by atoms with van der Waals surface area (Å²) < 4.78 is 11.9. The lowest BCUT2D eigenvalue weighted by atomic mass is 9.71. The molecule has 0 saturated heterocycles. The zero-order valence-corrected chi connectivity index (χ0v) is 14.1. The van der Waals surface area contributed by atoms with Crippen molar-refractivity contribution in [3.05, 3.63) is 23.7 Å². The van der Waals surface area contributed by atoms with Gasteiger partial charge in [-0.05, 0) is 55.7 Å². The second kappa shape index (κ2) is 7.46. The van der Waals surface area contributed by atoms with Crippen LogP contribution in [0.5, 0.6) is 0 Å². The molecular weight excluding hydrogens is 262 g/mol. The molecule has 1 aliphatic rings. The first-order valence-corrected chi connectivity index (χ1v) is 8.38. The molecule has 3 nitrogen and oxygen atoms in total. The van der Waals surface area contributed by atoms with E-state index >= 15 is 0 Å². The third kappa shape index (κ3) is 5.48. The third-order valence-corrected chi connectivity index (χ3v) is 4.25. The van der Waals surface area contributed by atoms with Crippen LogP contribution in [0.25, 0.3) is 0 Å². The van der Waals surface area contributed by atoms with E-state index in [0.29, 0.717) is 18.1 Å². The molecule has 1 aliphatic carbocycles. The van der Waals surface area contributed by atoms with Crippen LogP contribution in [0.4, 0.5) is 0 Å². The highest BCUT2D eigenvalue weighted by atomic mass is 16.5. The van der Waals surface area contributed by atoms with E-state index in [2.05, 4.69) is 39.1 Å². The normalized spacial score (nSPS) is 25.1. The minimum absolute atomic E-state index is 0.371. The highest BCUT2D eigenvalue weighted by Crippen LogP contribution is 2.39. The van der Waals surface area contributed by atoms with Crippen LogP contribution >= 0.6 is 0 Å². The van der Waals surface area contributed by atoms with Gasteiger partial charge in [0, 0.05) is 0 Å². The molecule has 0 amide bonds. The topological polar surface area (TPSA) is 34.4 Å².